The SMILES string of the molecule is COc1cc(Cl)c(C)cc1N[C@@H](C)C(=O)Nc1ccccc1C#N. The lowest BCUT2D eigenvalue weighted by atomic mass is 10.1. The lowest BCUT2D eigenvalue weighted by Gasteiger charge is -2.18. The fraction of sp³-hybridized carbons (Fsp3) is 0.222. The number of nitrogens with zero attached hydrogens (tertiary/aromatic N) is 1. The third-order valence-corrected chi connectivity index (χ3v) is 3.96. The second-order valence-electron chi connectivity index (χ2n) is 5.31. The number of methoxy groups -OCH3 is 1. The molecule has 0 bridgehead atoms. The van der Waals surface area contributed by atoms with Gasteiger partial charge in [-0.25, -0.2) is 0 Å². The first-order valence-electron chi connectivity index (χ1n) is 7.37. The van der Waals surface area contributed by atoms with Gasteiger partial charge in [0.1, 0.15) is 17.9 Å². The van der Waals surface area contributed by atoms with Gasteiger partial charge in [0.05, 0.1) is 24.0 Å². The van der Waals surface area contributed by atoms with E-state index in [0.717, 1.165) is 5.56 Å². The molecule has 124 valence electrons. The van der Waals surface area contributed by atoms with Gasteiger partial charge in [-0.15, -0.1) is 0 Å². The number of amides is 1. The average molecular weight is 344 g/mol. The molecule has 24 heavy (non-hydrogen) atoms. The molecule has 0 radical (unpaired) electrons. The highest BCUT2D eigenvalue weighted by atomic mass is 35.5. The predicted molar refractivity (Wildman–Crippen MR) is 95.6 cm³/mol. The standard InChI is InChI=1S/C18H18ClN3O2/c1-11-8-16(17(24-3)9-14(11)19)21-12(2)18(23)22-15-7-5-4-6-13(15)10-20/h4-9,12,21H,1-3H3,(H,22,23)/t12-/m0/s1. The number of carbonyl (C=O) groups excluding carboxylic acids is 1. The van der Waals surface area contributed by atoms with E-state index in [4.69, 9.17) is 21.6 Å². The summed E-state index contributed by atoms with van der Waals surface area (Å²) in [6, 6.07) is 11.9. The van der Waals surface area contributed by atoms with Gasteiger partial charge in [0.2, 0.25) is 5.91 Å². The number of benzene rings is 2. The fourth-order valence-corrected chi connectivity index (χ4v) is 2.33. The van der Waals surface area contributed by atoms with E-state index in [0.29, 0.717) is 27.7 Å². The summed E-state index contributed by atoms with van der Waals surface area (Å²) in [7, 11) is 1.54. The van der Waals surface area contributed by atoms with E-state index in [1.54, 1.807) is 44.4 Å². The van der Waals surface area contributed by atoms with E-state index in [1.807, 2.05) is 13.0 Å². The zero-order valence-electron chi connectivity index (χ0n) is 13.7. The topological polar surface area (TPSA) is 74.2 Å². The first-order valence-corrected chi connectivity index (χ1v) is 7.74. The highest BCUT2D eigenvalue weighted by Gasteiger charge is 2.17. The van der Waals surface area contributed by atoms with Crippen molar-refractivity contribution in [1.29, 1.82) is 5.26 Å². The van der Waals surface area contributed by atoms with Crippen molar-refractivity contribution in [1.82, 2.24) is 0 Å². The van der Waals surface area contributed by atoms with Gasteiger partial charge in [-0.2, -0.15) is 5.26 Å². The summed E-state index contributed by atoms with van der Waals surface area (Å²) in [6.07, 6.45) is 0. The zero-order valence-corrected chi connectivity index (χ0v) is 14.4. The number of nitriles is 1. The van der Waals surface area contributed by atoms with Gasteiger partial charge in [-0.3, -0.25) is 4.79 Å². The molecule has 0 fully saturated rings. The fourth-order valence-electron chi connectivity index (χ4n) is 2.17. The van der Waals surface area contributed by atoms with Gasteiger partial charge >= 0.3 is 0 Å². The minimum Gasteiger partial charge on any atom is -0.495 e. The van der Waals surface area contributed by atoms with Crippen LogP contribution >= 0.6 is 11.6 Å². The van der Waals surface area contributed by atoms with E-state index >= 15 is 0 Å². The van der Waals surface area contributed by atoms with E-state index in [9.17, 15) is 4.79 Å². The number of aryl methyl sites for hydroxylation is 1. The number of anilines is 2. The zero-order chi connectivity index (χ0) is 17.7. The monoisotopic (exact) mass is 343 g/mol. The van der Waals surface area contributed by atoms with Crippen LogP contribution in [0.3, 0.4) is 0 Å². The summed E-state index contributed by atoms with van der Waals surface area (Å²) >= 11 is 6.09. The van der Waals surface area contributed by atoms with Gasteiger partial charge in [-0.1, -0.05) is 23.7 Å². The van der Waals surface area contributed by atoms with Crippen LogP contribution in [0, 0.1) is 18.3 Å². The van der Waals surface area contributed by atoms with Gasteiger partial charge in [0.25, 0.3) is 0 Å². The second kappa shape index (κ2) is 7.71. The summed E-state index contributed by atoms with van der Waals surface area (Å²) in [5.41, 5.74) is 2.45. The van der Waals surface area contributed by atoms with Gasteiger partial charge in [0, 0.05) is 11.1 Å². The van der Waals surface area contributed by atoms with Crippen LogP contribution in [0.4, 0.5) is 11.4 Å². The Balaban J connectivity index is 2.15. The average Bonchev–Trinajstić information content (AvgIpc) is 2.58. The van der Waals surface area contributed by atoms with Crippen molar-refractivity contribution in [2.45, 2.75) is 19.9 Å². The maximum absolute atomic E-state index is 12.4. The predicted octanol–water partition coefficient (Wildman–Crippen LogP) is 3.97. The quantitative estimate of drug-likeness (QED) is 0.861. The Morgan fingerprint density at radius 1 is 1.29 bits per heavy atom. The maximum atomic E-state index is 12.4. The molecule has 0 aliphatic heterocycles. The third kappa shape index (κ3) is 3.98. The maximum Gasteiger partial charge on any atom is 0.246 e. The molecule has 2 aromatic carbocycles. The Labute approximate surface area is 146 Å². The third-order valence-electron chi connectivity index (χ3n) is 3.55. The molecule has 2 N–H and O–H groups in total. The Morgan fingerprint density at radius 3 is 2.67 bits per heavy atom. The summed E-state index contributed by atoms with van der Waals surface area (Å²) in [6.45, 7) is 3.61. The molecule has 0 aliphatic carbocycles. The van der Waals surface area contributed by atoms with Crippen molar-refractivity contribution in [2.24, 2.45) is 0 Å². The lowest BCUT2D eigenvalue weighted by molar-refractivity contribution is -0.116. The molecule has 0 heterocycles. The summed E-state index contributed by atoms with van der Waals surface area (Å²) < 4.78 is 5.29. The molecule has 0 aliphatic rings. The van der Waals surface area contributed by atoms with Gasteiger partial charge in [-0.05, 0) is 37.6 Å². The molecule has 2 rings (SSSR count). The van der Waals surface area contributed by atoms with Crippen LogP contribution in [0.15, 0.2) is 36.4 Å². The van der Waals surface area contributed by atoms with Crippen LogP contribution in [0.2, 0.25) is 5.02 Å². The van der Waals surface area contributed by atoms with Crippen LogP contribution in [0.5, 0.6) is 5.75 Å². The van der Waals surface area contributed by atoms with Crippen molar-refractivity contribution in [3.05, 3.63) is 52.5 Å². The van der Waals surface area contributed by atoms with E-state index in [1.165, 1.54) is 0 Å². The molecule has 0 unspecified atom stereocenters. The van der Waals surface area contributed by atoms with E-state index in [-0.39, 0.29) is 5.91 Å². The normalized spacial score (nSPS) is 11.3. The first kappa shape index (κ1) is 17.6. The molecule has 1 atom stereocenters. The first-order chi connectivity index (χ1) is 11.5. The van der Waals surface area contributed by atoms with Crippen molar-refractivity contribution in [2.75, 3.05) is 17.7 Å². The van der Waals surface area contributed by atoms with Gasteiger partial charge in [0.15, 0.2) is 0 Å². The number of rotatable bonds is 5. The van der Waals surface area contributed by atoms with Crippen molar-refractivity contribution in [3.8, 4) is 11.8 Å². The Morgan fingerprint density at radius 2 is 2.00 bits per heavy atom. The number of para-hydroxylation sites is 1. The molecule has 6 heteroatoms. The van der Waals surface area contributed by atoms with E-state index < -0.39 is 6.04 Å². The lowest BCUT2D eigenvalue weighted by Crippen LogP contribution is -2.32. The van der Waals surface area contributed by atoms with Crippen molar-refractivity contribution < 1.29 is 9.53 Å². The number of hydrogen-bond acceptors (Lipinski definition) is 4. The number of ether oxygens (including phenoxy) is 1. The van der Waals surface area contributed by atoms with Crippen LogP contribution in [-0.2, 0) is 4.79 Å². The minimum absolute atomic E-state index is 0.257. The van der Waals surface area contributed by atoms with Crippen LogP contribution < -0.4 is 15.4 Å². The van der Waals surface area contributed by atoms with Crippen LogP contribution in [-0.4, -0.2) is 19.1 Å². The largest absolute Gasteiger partial charge is 0.495 e. The Hall–Kier alpha value is -2.71. The molecule has 0 spiro atoms. The molecule has 0 saturated heterocycles. The smallest absolute Gasteiger partial charge is 0.246 e. The summed E-state index contributed by atoms with van der Waals surface area (Å²) in [5.74, 6) is 0.301. The molecular formula is C18H18ClN3O2. The summed E-state index contributed by atoms with van der Waals surface area (Å²) in [4.78, 5) is 12.4. The number of carbonyl (C=O) groups is 1. The molecule has 2 aromatic rings. The molecular weight excluding hydrogens is 326 g/mol. The molecule has 0 aromatic heterocycles. The second-order valence-corrected chi connectivity index (χ2v) is 5.72. The molecule has 0 saturated carbocycles. The van der Waals surface area contributed by atoms with Crippen molar-refractivity contribution in [3.63, 3.8) is 0 Å². The van der Waals surface area contributed by atoms with E-state index in [2.05, 4.69) is 16.7 Å². The molecule has 1 amide bonds. The number of nitrogens with one attached hydrogen (secondary N) is 2. The molecule has 5 nitrogen and oxygen atoms in total. The highest BCUT2D eigenvalue weighted by molar-refractivity contribution is 6.31. The number of halogens is 1. The van der Waals surface area contributed by atoms with Gasteiger partial charge < -0.3 is 15.4 Å². The Bertz CT molecular complexity index is 799. The summed E-state index contributed by atoms with van der Waals surface area (Å²) in [5, 5.41) is 15.5. The van der Waals surface area contributed by atoms with Crippen molar-refractivity contribution >= 4 is 28.9 Å². The van der Waals surface area contributed by atoms with Crippen LogP contribution in [0.1, 0.15) is 18.1 Å². The highest BCUT2D eigenvalue weighted by Crippen LogP contribution is 2.31. The Kier molecular flexibility index (Phi) is 5.67. The number of hydrogen-bond donors (Lipinski definition) is 2. The van der Waals surface area contributed by atoms with Crippen LogP contribution in [0.25, 0.3) is 0 Å². The minimum atomic E-state index is -0.536.